The van der Waals surface area contributed by atoms with Gasteiger partial charge in [-0.2, -0.15) is 0 Å². The van der Waals surface area contributed by atoms with Crippen LogP contribution < -0.4 is 15.0 Å². The summed E-state index contributed by atoms with van der Waals surface area (Å²) in [6.07, 6.45) is 5.48. The zero-order valence-corrected chi connectivity index (χ0v) is 14.9. The Balaban J connectivity index is 1.64. The molecule has 132 valence electrons. The number of carbonyl (C=O) groups excluding carboxylic acids is 1. The Morgan fingerprint density at radius 2 is 2.25 bits per heavy atom. The van der Waals surface area contributed by atoms with Gasteiger partial charge < -0.3 is 15.0 Å². The van der Waals surface area contributed by atoms with Crippen LogP contribution in [0.5, 0.6) is 5.75 Å². The van der Waals surface area contributed by atoms with E-state index < -0.39 is 0 Å². The fourth-order valence-corrected chi connectivity index (χ4v) is 3.78. The summed E-state index contributed by atoms with van der Waals surface area (Å²) in [7, 11) is 2.15. The maximum atomic E-state index is 11.9. The van der Waals surface area contributed by atoms with Gasteiger partial charge in [-0.15, -0.1) is 0 Å². The predicted octanol–water partition coefficient (Wildman–Crippen LogP) is 3.38. The zero-order valence-electron chi connectivity index (χ0n) is 14.9. The van der Waals surface area contributed by atoms with Crippen LogP contribution in [0.1, 0.15) is 44.6 Å². The van der Waals surface area contributed by atoms with Gasteiger partial charge in [0.25, 0.3) is 0 Å². The van der Waals surface area contributed by atoms with Gasteiger partial charge in [0.2, 0.25) is 0 Å². The number of hydrogen-bond donors (Lipinski definition) is 1. The number of benzene rings is 1. The second-order valence-electron chi connectivity index (χ2n) is 6.96. The van der Waals surface area contributed by atoms with Gasteiger partial charge in [-0.3, -0.25) is 4.90 Å². The molecule has 1 fully saturated rings. The Hall–Kier alpha value is -1.75. The molecule has 1 aromatic rings. The molecule has 2 heterocycles. The van der Waals surface area contributed by atoms with Gasteiger partial charge in [0.05, 0.1) is 0 Å². The Bertz CT molecular complexity index is 576. The fraction of sp³-hybridized carbons (Fsp3) is 0.632. The molecule has 0 radical (unpaired) electrons. The Labute approximate surface area is 145 Å². The highest BCUT2D eigenvalue weighted by molar-refractivity contribution is 5.71. The Morgan fingerprint density at radius 1 is 1.38 bits per heavy atom. The largest absolute Gasteiger partial charge is 0.412 e. The van der Waals surface area contributed by atoms with E-state index in [0.29, 0.717) is 18.3 Å². The molecule has 0 aromatic heterocycles. The number of likely N-dealkylation sites (N-methyl/N-ethyl adjacent to an activating group) is 1. The van der Waals surface area contributed by atoms with Crippen LogP contribution in [0.15, 0.2) is 18.2 Å². The van der Waals surface area contributed by atoms with Crippen molar-refractivity contribution in [1.82, 2.24) is 10.2 Å². The minimum Gasteiger partial charge on any atom is -0.410 e. The predicted molar refractivity (Wildman–Crippen MR) is 96.7 cm³/mol. The van der Waals surface area contributed by atoms with Crippen LogP contribution in [0.3, 0.4) is 0 Å². The van der Waals surface area contributed by atoms with E-state index in [2.05, 4.69) is 35.2 Å². The molecular formula is C19H29N3O2. The van der Waals surface area contributed by atoms with Crippen molar-refractivity contribution in [2.75, 3.05) is 31.6 Å². The maximum absolute atomic E-state index is 11.9. The normalized spacial score (nSPS) is 20.2. The number of nitrogens with zero attached hydrogens (tertiary/aromatic N) is 2. The lowest BCUT2D eigenvalue weighted by Crippen LogP contribution is -2.35. The van der Waals surface area contributed by atoms with Crippen LogP contribution >= 0.6 is 0 Å². The summed E-state index contributed by atoms with van der Waals surface area (Å²) in [6, 6.07) is 6.65. The highest BCUT2D eigenvalue weighted by atomic mass is 16.6. The minimum absolute atomic E-state index is 0.355. The maximum Gasteiger partial charge on any atom is 0.412 e. The third-order valence-corrected chi connectivity index (χ3v) is 5.08. The van der Waals surface area contributed by atoms with E-state index in [1.54, 1.807) is 0 Å². The summed E-state index contributed by atoms with van der Waals surface area (Å²) < 4.78 is 5.46. The molecule has 5 heteroatoms. The Morgan fingerprint density at radius 3 is 3.08 bits per heavy atom. The number of ether oxygens (including phenoxy) is 1. The van der Waals surface area contributed by atoms with Gasteiger partial charge in [-0.1, -0.05) is 19.8 Å². The topological polar surface area (TPSA) is 44.8 Å². The molecule has 2 aliphatic heterocycles. The highest BCUT2D eigenvalue weighted by Gasteiger charge is 2.30. The van der Waals surface area contributed by atoms with Crippen molar-refractivity contribution in [1.29, 1.82) is 0 Å². The smallest absolute Gasteiger partial charge is 0.410 e. The molecule has 1 amide bonds. The van der Waals surface area contributed by atoms with Gasteiger partial charge in [0, 0.05) is 38.4 Å². The number of amides is 1. The summed E-state index contributed by atoms with van der Waals surface area (Å²) in [6.45, 7) is 6.01. The molecule has 1 saturated heterocycles. The summed E-state index contributed by atoms with van der Waals surface area (Å²) in [5.41, 5.74) is 2.50. The molecule has 1 N–H and O–H groups in total. The number of unbranched alkanes of at least 4 members (excludes halogenated alkanes) is 2. The van der Waals surface area contributed by atoms with Crippen LogP contribution in [0.2, 0.25) is 0 Å². The number of carbonyl (C=O) groups is 1. The average Bonchev–Trinajstić information content (AvgIpc) is 2.93. The number of fused-ring (bicyclic) bond motifs is 2. The number of hydrogen-bond acceptors (Lipinski definition) is 4. The standard InChI is InChI=1S/C19H29N3O2/c1-3-4-5-10-20-19(23)24-17-8-9-18-15(12-17)13-22-11-6-7-16(22)14-21(18)2/h8-9,12,16H,3-7,10-11,13-14H2,1-2H3,(H,20,23). The van der Waals surface area contributed by atoms with Crippen LogP contribution in [-0.2, 0) is 6.54 Å². The van der Waals surface area contributed by atoms with Gasteiger partial charge in [-0.25, -0.2) is 4.79 Å². The fourth-order valence-electron chi connectivity index (χ4n) is 3.78. The second-order valence-corrected chi connectivity index (χ2v) is 6.96. The van der Waals surface area contributed by atoms with Crippen LogP contribution in [0, 0.1) is 0 Å². The third kappa shape index (κ3) is 4.01. The lowest BCUT2D eigenvalue weighted by molar-refractivity contribution is 0.200. The van der Waals surface area contributed by atoms with Crippen molar-refractivity contribution in [2.45, 2.75) is 51.6 Å². The molecule has 0 aliphatic carbocycles. The summed E-state index contributed by atoms with van der Waals surface area (Å²) in [4.78, 5) is 16.8. The van der Waals surface area contributed by atoms with Gasteiger partial charge in [-0.05, 0) is 49.6 Å². The van der Waals surface area contributed by atoms with Crippen molar-refractivity contribution in [3.8, 4) is 5.75 Å². The number of nitrogens with one attached hydrogen (secondary N) is 1. The van der Waals surface area contributed by atoms with Crippen LogP contribution in [-0.4, -0.2) is 43.7 Å². The van der Waals surface area contributed by atoms with E-state index in [1.165, 1.54) is 30.6 Å². The van der Waals surface area contributed by atoms with Crippen molar-refractivity contribution in [3.63, 3.8) is 0 Å². The van der Waals surface area contributed by atoms with Gasteiger partial charge in [0.1, 0.15) is 5.75 Å². The molecular weight excluding hydrogens is 302 g/mol. The molecule has 0 saturated carbocycles. The first kappa shape index (κ1) is 17.1. The molecule has 2 aliphatic rings. The molecule has 3 rings (SSSR count). The highest BCUT2D eigenvalue weighted by Crippen LogP contribution is 2.32. The molecule has 24 heavy (non-hydrogen) atoms. The van der Waals surface area contributed by atoms with E-state index in [4.69, 9.17) is 4.74 Å². The molecule has 5 nitrogen and oxygen atoms in total. The number of rotatable bonds is 5. The first-order valence-corrected chi connectivity index (χ1v) is 9.21. The minimum atomic E-state index is -0.355. The van der Waals surface area contributed by atoms with Crippen LogP contribution in [0.4, 0.5) is 10.5 Å². The van der Waals surface area contributed by atoms with Crippen molar-refractivity contribution in [3.05, 3.63) is 23.8 Å². The van der Waals surface area contributed by atoms with Gasteiger partial charge >= 0.3 is 6.09 Å². The first-order chi connectivity index (χ1) is 11.7. The van der Waals surface area contributed by atoms with Crippen molar-refractivity contribution >= 4 is 11.8 Å². The number of anilines is 1. The Kier molecular flexibility index (Phi) is 5.61. The molecule has 0 bridgehead atoms. The van der Waals surface area contributed by atoms with Crippen molar-refractivity contribution in [2.24, 2.45) is 0 Å². The summed E-state index contributed by atoms with van der Waals surface area (Å²) in [5, 5.41) is 2.82. The van der Waals surface area contributed by atoms with E-state index in [9.17, 15) is 4.79 Å². The zero-order chi connectivity index (χ0) is 16.9. The quantitative estimate of drug-likeness (QED) is 0.840. The lowest BCUT2D eigenvalue weighted by atomic mass is 10.1. The summed E-state index contributed by atoms with van der Waals surface area (Å²) >= 11 is 0. The SMILES string of the molecule is CCCCCNC(=O)Oc1ccc2c(c1)CN1CCCC1CN2C. The van der Waals surface area contributed by atoms with E-state index in [1.807, 2.05) is 12.1 Å². The molecule has 0 spiro atoms. The third-order valence-electron chi connectivity index (χ3n) is 5.08. The van der Waals surface area contributed by atoms with Crippen LogP contribution in [0.25, 0.3) is 0 Å². The lowest BCUT2D eigenvalue weighted by Gasteiger charge is -2.24. The van der Waals surface area contributed by atoms with E-state index in [0.717, 1.165) is 32.4 Å². The van der Waals surface area contributed by atoms with Crippen molar-refractivity contribution < 1.29 is 9.53 Å². The monoisotopic (exact) mass is 331 g/mol. The second kappa shape index (κ2) is 7.88. The first-order valence-electron chi connectivity index (χ1n) is 9.21. The van der Waals surface area contributed by atoms with E-state index >= 15 is 0 Å². The van der Waals surface area contributed by atoms with E-state index in [-0.39, 0.29) is 6.09 Å². The molecule has 1 aromatic carbocycles. The summed E-state index contributed by atoms with van der Waals surface area (Å²) in [5.74, 6) is 0.632. The average molecular weight is 331 g/mol. The van der Waals surface area contributed by atoms with Gasteiger partial charge in [0.15, 0.2) is 0 Å². The molecule has 1 unspecified atom stereocenters. The molecule has 1 atom stereocenters.